The summed E-state index contributed by atoms with van der Waals surface area (Å²) in [6, 6.07) is 4.04. The Morgan fingerprint density at radius 2 is 2.19 bits per heavy atom. The summed E-state index contributed by atoms with van der Waals surface area (Å²) in [5.41, 5.74) is 6.02. The number of hydrogen-bond acceptors (Lipinski definition) is 4. The minimum atomic E-state index is -0.519. The topological polar surface area (TPSA) is 73.6 Å². The van der Waals surface area contributed by atoms with E-state index in [4.69, 9.17) is 15.2 Å². The molecule has 0 spiro atoms. The van der Waals surface area contributed by atoms with Crippen LogP contribution in [-0.4, -0.2) is 31.8 Å². The molecule has 0 bridgehead atoms. The fraction of sp³-hybridized carbons (Fsp3) is 0.533. The van der Waals surface area contributed by atoms with Crippen LogP contribution in [-0.2, 0) is 14.3 Å². The molecule has 1 fully saturated rings. The molecule has 0 aromatic heterocycles. The molecule has 2 unspecified atom stereocenters. The number of rotatable bonds is 5. The Bertz CT molecular complexity index is 496. The Balaban J connectivity index is 1.80. The van der Waals surface area contributed by atoms with Crippen LogP contribution < -0.4 is 11.1 Å². The van der Waals surface area contributed by atoms with Gasteiger partial charge in [-0.25, -0.2) is 4.39 Å². The molecular formula is C15H21FN2O3. The fourth-order valence-corrected chi connectivity index (χ4v) is 2.49. The van der Waals surface area contributed by atoms with Gasteiger partial charge in [-0.05, 0) is 43.9 Å². The van der Waals surface area contributed by atoms with Crippen molar-refractivity contribution in [2.45, 2.75) is 37.9 Å². The maximum Gasteiger partial charge on any atom is 0.250 e. The number of halogens is 1. The molecule has 2 rings (SSSR count). The SMILES string of the molecule is COC1CCCC(OCC(=O)Nc2cc(N)ccc2F)C1. The van der Waals surface area contributed by atoms with Gasteiger partial charge in [0.15, 0.2) is 0 Å². The monoisotopic (exact) mass is 296 g/mol. The maximum absolute atomic E-state index is 13.5. The normalized spacial score (nSPS) is 22.0. The molecule has 1 aromatic carbocycles. The van der Waals surface area contributed by atoms with E-state index in [0.29, 0.717) is 5.69 Å². The molecule has 21 heavy (non-hydrogen) atoms. The first kappa shape index (κ1) is 15.7. The van der Waals surface area contributed by atoms with Crippen molar-refractivity contribution in [2.75, 3.05) is 24.8 Å². The Labute approximate surface area is 123 Å². The molecule has 6 heteroatoms. The number of nitrogens with one attached hydrogen (secondary N) is 1. The van der Waals surface area contributed by atoms with E-state index in [2.05, 4.69) is 5.32 Å². The average molecular weight is 296 g/mol. The number of hydrogen-bond donors (Lipinski definition) is 2. The van der Waals surface area contributed by atoms with Gasteiger partial charge in [0.25, 0.3) is 0 Å². The van der Waals surface area contributed by atoms with Gasteiger partial charge >= 0.3 is 0 Å². The molecule has 1 aromatic rings. The molecule has 0 heterocycles. The highest BCUT2D eigenvalue weighted by Gasteiger charge is 2.22. The number of ether oxygens (including phenoxy) is 2. The summed E-state index contributed by atoms with van der Waals surface area (Å²) in [4.78, 5) is 11.8. The largest absolute Gasteiger partial charge is 0.399 e. The first-order chi connectivity index (χ1) is 10.1. The minimum Gasteiger partial charge on any atom is -0.399 e. The van der Waals surface area contributed by atoms with E-state index >= 15 is 0 Å². The van der Waals surface area contributed by atoms with E-state index in [1.165, 1.54) is 18.2 Å². The summed E-state index contributed by atoms with van der Waals surface area (Å²) >= 11 is 0. The summed E-state index contributed by atoms with van der Waals surface area (Å²) in [6.07, 6.45) is 3.96. The molecule has 1 amide bonds. The second-order valence-electron chi connectivity index (χ2n) is 5.24. The van der Waals surface area contributed by atoms with E-state index in [9.17, 15) is 9.18 Å². The van der Waals surface area contributed by atoms with Gasteiger partial charge in [-0.15, -0.1) is 0 Å². The van der Waals surface area contributed by atoms with Crippen LogP contribution in [0.2, 0.25) is 0 Å². The van der Waals surface area contributed by atoms with E-state index in [-0.39, 0.29) is 30.4 Å². The van der Waals surface area contributed by atoms with Crippen LogP contribution >= 0.6 is 0 Å². The van der Waals surface area contributed by atoms with Gasteiger partial charge in [0, 0.05) is 12.8 Å². The zero-order chi connectivity index (χ0) is 15.2. The molecule has 116 valence electrons. The summed E-state index contributed by atoms with van der Waals surface area (Å²) < 4.78 is 24.4. The van der Waals surface area contributed by atoms with Crippen molar-refractivity contribution >= 4 is 17.3 Å². The second kappa shape index (κ2) is 7.38. The summed E-state index contributed by atoms with van der Waals surface area (Å²) in [6.45, 7) is -0.102. The number of methoxy groups -OCH3 is 1. The van der Waals surface area contributed by atoms with Crippen molar-refractivity contribution in [3.8, 4) is 0 Å². The van der Waals surface area contributed by atoms with Crippen LogP contribution in [0.25, 0.3) is 0 Å². The molecule has 0 aliphatic heterocycles. The van der Waals surface area contributed by atoms with E-state index < -0.39 is 5.82 Å². The molecule has 5 nitrogen and oxygen atoms in total. The van der Waals surface area contributed by atoms with Gasteiger partial charge in [0.2, 0.25) is 5.91 Å². The highest BCUT2D eigenvalue weighted by atomic mass is 19.1. The van der Waals surface area contributed by atoms with Crippen molar-refractivity contribution in [3.05, 3.63) is 24.0 Å². The number of anilines is 2. The molecule has 1 saturated carbocycles. The van der Waals surface area contributed by atoms with Crippen LogP contribution in [0.15, 0.2) is 18.2 Å². The average Bonchev–Trinajstić information content (AvgIpc) is 2.49. The molecule has 2 atom stereocenters. The van der Waals surface area contributed by atoms with Gasteiger partial charge in [0.05, 0.1) is 17.9 Å². The quantitative estimate of drug-likeness (QED) is 0.818. The smallest absolute Gasteiger partial charge is 0.250 e. The second-order valence-corrected chi connectivity index (χ2v) is 5.24. The maximum atomic E-state index is 13.5. The number of amides is 1. The number of nitrogen functional groups attached to an aromatic ring is 1. The summed E-state index contributed by atoms with van der Waals surface area (Å²) in [7, 11) is 1.68. The van der Waals surface area contributed by atoms with E-state index in [1.54, 1.807) is 7.11 Å². The molecule has 0 radical (unpaired) electrons. The van der Waals surface area contributed by atoms with Crippen LogP contribution in [0, 0.1) is 5.82 Å². The third-order valence-corrected chi connectivity index (χ3v) is 3.63. The van der Waals surface area contributed by atoms with Gasteiger partial charge < -0.3 is 20.5 Å². The summed E-state index contributed by atoms with van der Waals surface area (Å²) in [5.74, 6) is -0.909. The molecule has 0 saturated heterocycles. The lowest BCUT2D eigenvalue weighted by atomic mass is 9.95. The number of carbonyl (C=O) groups is 1. The lowest BCUT2D eigenvalue weighted by molar-refractivity contribution is -0.124. The van der Waals surface area contributed by atoms with Crippen molar-refractivity contribution in [3.63, 3.8) is 0 Å². The molecule has 1 aliphatic carbocycles. The van der Waals surface area contributed by atoms with Crippen LogP contribution in [0.3, 0.4) is 0 Å². The lowest BCUT2D eigenvalue weighted by Crippen LogP contribution is -2.30. The zero-order valence-corrected chi connectivity index (χ0v) is 12.1. The zero-order valence-electron chi connectivity index (χ0n) is 12.1. The first-order valence-electron chi connectivity index (χ1n) is 7.07. The summed E-state index contributed by atoms with van der Waals surface area (Å²) in [5, 5.41) is 2.47. The Morgan fingerprint density at radius 1 is 1.43 bits per heavy atom. The highest BCUT2D eigenvalue weighted by molar-refractivity contribution is 5.92. The Morgan fingerprint density at radius 3 is 2.95 bits per heavy atom. The third-order valence-electron chi connectivity index (χ3n) is 3.63. The van der Waals surface area contributed by atoms with E-state index in [0.717, 1.165) is 25.7 Å². The molecule has 3 N–H and O–H groups in total. The number of carbonyl (C=O) groups excluding carboxylic acids is 1. The van der Waals surface area contributed by atoms with Gasteiger partial charge in [-0.1, -0.05) is 0 Å². The molecular weight excluding hydrogens is 275 g/mol. The van der Waals surface area contributed by atoms with Gasteiger partial charge in [-0.3, -0.25) is 4.79 Å². The number of benzene rings is 1. The van der Waals surface area contributed by atoms with Gasteiger partial charge in [0.1, 0.15) is 12.4 Å². The van der Waals surface area contributed by atoms with Crippen LogP contribution in [0.5, 0.6) is 0 Å². The third kappa shape index (κ3) is 4.68. The molecule has 1 aliphatic rings. The fourth-order valence-electron chi connectivity index (χ4n) is 2.49. The first-order valence-corrected chi connectivity index (χ1v) is 7.07. The highest BCUT2D eigenvalue weighted by Crippen LogP contribution is 2.23. The minimum absolute atomic E-state index is 0.0140. The predicted octanol–water partition coefficient (Wildman–Crippen LogP) is 2.32. The van der Waals surface area contributed by atoms with Crippen molar-refractivity contribution < 1.29 is 18.7 Å². The Kier molecular flexibility index (Phi) is 5.52. The standard InChI is InChI=1S/C15H21FN2O3/c1-20-11-3-2-4-12(8-11)21-9-15(19)18-14-7-10(17)5-6-13(14)16/h5-7,11-12H,2-4,8-9,17H2,1H3,(H,18,19). The lowest BCUT2D eigenvalue weighted by Gasteiger charge is -2.27. The van der Waals surface area contributed by atoms with Crippen molar-refractivity contribution in [2.24, 2.45) is 0 Å². The van der Waals surface area contributed by atoms with Crippen LogP contribution in [0.4, 0.5) is 15.8 Å². The number of nitrogens with two attached hydrogens (primary N) is 1. The van der Waals surface area contributed by atoms with E-state index in [1.807, 2.05) is 0 Å². The predicted molar refractivity (Wildman–Crippen MR) is 78.4 cm³/mol. The Hall–Kier alpha value is -1.66. The van der Waals surface area contributed by atoms with Crippen molar-refractivity contribution in [1.29, 1.82) is 0 Å². The van der Waals surface area contributed by atoms with Crippen LogP contribution in [0.1, 0.15) is 25.7 Å². The van der Waals surface area contributed by atoms with Crippen molar-refractivity contribution in [1.82, 2.24) is 0 Å². The van der Waals surface area contributed by atoms with Gasteiger partial charge in [-0.2, -0.15) is 0 Å².